The molecule has 4 heterocycles. The highest BCUT2D eigenvalue weighted by Crippen LogP contribution is 2.48. The van der Waals surface area contributed by atoms with Crippen molar-refractivity contribution in [3.05, 3.63) is 126 Å². The van der Waals surface area contributed by atoms with Crippen LogP contribution in [0.4, 0.5) is 0 Å². The van der Waals surface area contributed by atoms with Gasteiger partial charge in [0.15, 0.2) is 12.4 Å². The van der Waals surface area contributed by atoms with E-state index >= 15 is 0 Å². The van der Waals surface area contributed by atoms with Crippen LogP contribution in [0.3, 0.4) is 0 Å². The van der Waals surface area contributed by atoms with Crippen LogP contribution in [0.1, 0.15) is 16.7 Å². The van der Waals surface area contributed by atoms with Crippen LogP contribution in [0.2, 0.25) is 19.6 Å². The Morgan fingerprint density at radius 3 is 2.19 bits per heavy atom. The number of pyridine rings is 2. The molecule has 1 spiro atoms. The third-order valence-corrected chi connectivity index (χ3v) is 10.1. The molecule has 7 rings (SSSR count). The first-order valence-electron chi connectivity index (χ1n) is 12.8. The predicted molar refractivity (Wildman–Crippen MR) is 149 cm³/mol. The Hall–Kier alpha value is -3.82. The van der Waals surface area contributed by atoms with Gasteiger partial charge in [-0.2, -0.15) is 0 Å². The van der Waals surface area contributed by atoms with E-state index in [2.05, 4.69) is 145 Å². The standard InChI is InChI=1S/C33H30N2Si/c1-23-11-10-20-34-32(23)27-14-8-9-15-29(27)33(34)30-18-16-25(24-12-6-5-7-13-24)21-28(30)31-19-17-26(22-35(31)33)36(2,3)4/h5-22H,1-4H3/q+2. The van der Waals surface area contributed by atoms with Gasteiger partial charge in [0, 0.05) is 22.9 Å². The fraction of sp³-hybridized carbons (Fsp3) is 0.152. The molecule has 2 nitrogen and oxygen atoms in total. The summed E-state index contributed by atoms with van der Waals surface area (Å²) in [5.41, 5.74) is 11.3. The van der Waals surface area contributed by atoms with Gasteiger partial charge in [-0.1, -0.05) is 74.2 Å². The Kier molecular flexibility index (Phi) is 4.38. The molecule has 0 saturated heterocycles. The lowest BCUT2D eigenvalue weighted by atomic mass is 9.88. The lowest BCUT2D eigenvalue weighted by Crippen LogP contribution is -2.72. The number of nitrogens with zero attached hydrogens (tertiary/aromatic N) is 2. The van der Waals surface area contributed by atoms with E-state index in [1.54, 1.807) is 0 Å². The van der Waals surface area contributed by atoms with Gasteiger partial charge in [0.25, 0.3) is 0 Å². The summed E-state index contributed by atoms with van der Waals surface area (Å²) in [6, 6.07) is 36.0. The van der Waals surface area contributed by atoms with E-state index in [-0.39, 0.29) is 0 Å². The highest BCUT2D eigenvalue weighted by Gasteiger charge is 2.66. The zero-order chi connectivity index (χ0) is 24.7. The van der Waals surface area contributed by atoms with Gasteiger partial charge in [-0.3, -0.25) is 0 Å². The maximum absolute atomic E-state index is 2.58. The molecule has 0 aliphatic carbocycles. The molecule has 2 aromatic heterocycles. The van der Waals surface area contributed by atoms with Crippen LogP contribution in [-0.2, 0) is 5.66 Å². The molecule has 0 saturated carbocycles. The van der Waals surface area contributed by atoms with E-state index in [0.29, 0.717) is 0 Å². The smallest absolute Gasteiger partial charge is 0.126 e. The molecule has 3 heteroatoms. The topological polar surface area (TPSA) is 7.76 Å². The van der Waals surface area contributed by atoms with Gasteiger partial charge in [-0.15, -0.1) is 9.13 Å². The fourth-order valence-corrected chi connectivity index (χ4v) is 7.40. The van der Waals surface area contributed by atoms with Gasteiger partial charge in [0.2, 0.25) is 11.4 Å². The van der Waals surface area contributed by atoms with Crippen LogP contribution in [0.5, 0.6) is 0 Å². The Morgan fingerprint density at radius 1 is 0.639 bits per heavy atom. The van der Waals surface area contributed by atoms with Gasteiger partial charge in [-0.05, 0) is 48.4 Å². The van der Waals surface area contributed by atoms with Gasteiger partial charge < -0.3 is 0 Å². The molecule has 0 bridgehead atoms. The Labute approximate surface area is 214 Å². The first-order chi connectivity index (χ1) is 17.4. The lowest BCUT2D eigenvalue weighted by Gasteiger charge is -2.20. The Morgan fingerprint density at radius 2 is 1.39 bits per heavy atom. The number of aromatic nitrogens is 2. The van der Waals surface area contributed by atoms with Crippen molar-refractivity contribution in [2.45, 2.75) is 32.2 Å². The van der Waals surface area contributed by atoms with E-state index in [4.69, 9.17) is 0 Å². The summed E-state index contributed by atoms with van der Waals surface area (Å²) in [7, 11) is -1.53. The van der Waals surface area contributed by atoms with E-state index in [0.717, 1.165) is 0 Å². The van der Waals surface area contributed by atoms with Crippen molar-refractivity contribution >= 4 is 13.3 Å². The highest BCUT2D eigenvalue weighted by atomic mass is 28.3. The Balaban J connectivity index is 1.63. The molecule has 2 aliphatic heterocycles. The minimum absolute atomic E-state index is 0.437. The molecular weight excluding hydrogens is 452 g/mol. The maximum Gasteiger partial charge on any atom is 0.417 e. The SMILES string of the molecule is Cc1ccc[n+]2c1-c1ccccc1C21c2ccc(-c3ccccc3)cc2-c2ccc([Si](C)(C)C)c[n+]21. The lowest BCUT2D eigenvalue weighted by molar-refractivity contribution is -0.954. The minimum Gasteiger partial charge on any atom is -0.126 e. The van der Waals surface area contributed by atoms with Gasteiger partial charge in [-0.25, -0.2) is 0 Å². The van der Waals surface area contributed by atoms with Gasteiger partial charge >= 0.3 is 5.66 Å². The van der Waals surface area contributed by atoms with Crippen LogP contribution in [-0.4, -0.2) is 8.07 Å². The van der Waals surface area contributed by atoms with Gasteiger partial charge in [0.05, 0.1) is 19.2 Å². The van der Waals surface area contributed by atoms with Gasteiger partial charge in [0.1, 0.15) is 11.1 Å². The molecule has 3 aromatic carbocycles. The zero-order valence-electron chi connectivity index (χ0n) is 21.3. The number of hydrogen-bond acceptors (Lipinski definition) is 0. The second kappa shape index (κ2) is 7.34. The van der Waals surface area contributed by atoms with Crippen LogP contribution in [0.15, 0.2) is 109 Å². The van der Waals surface area contributed by atoms with Crippen molar-refractivity contribution in [2.75, 3.05) is 0 Å². The fourth-order valence-electron chi connectivity index (χ4n) is 6.30. The summed E-state index contributed by atoms with van der Waals surface area (Å²) in [4.78, 5) is 0. The molecule has 0 amide bonds. The highest BCUT2D eigenvalue weighted by molar-refractivity contribution is 6.88. The first kappa shape index (κ1) is 21.5. The van der Waals surface area contributed by atoms with Crippen molar-refractivity contribution in [2.24, 2.45) is 0 Å². The third-order valence-electron chi connectivity index (χ3n) is 8.04. The van der Waals surface area contributed by atoms with E-state index in [9.17, 15) is 0 Å². The molecule has 36 heavy (non-hydrogen) atoms. The van der Waals surface area contributed by atoms with Crippen LogP contribution < -0.4 is 14.3 Å². The first-order valence-corrected chi connectivity index (χ1v) is 16.3. The van der Waals surface area contributed by atoms with E-state index in [1.807, 2.05) is 0 Å². The summed E-state index contributed by atoms with van der Waals surface area (Å²) < 4.78 is 5.10. The summed E-state index contributed by atoms with van der Waals surface area (Å²) in [6.45, 7) is 9.54. The average Bonchev–Trinajstić information content (AvgIpc) is 3.36. The number of benzene rings is 3. The molecular formula is C33H30N2Si+2. The Bertz CT molecular complexity index is 1680. The molecule has 1 unspecified atom stereocenters. The van der Waals surface area contributed by atoms with Crippen molar-refractivity contribution < 1.29 is 9.13 Å². The van der Waals surface area contributed by atoms with Crippen molar-refractivity contribution in [1.82, 2.24) is 0 Å². The van der Waals surface area contributed by atoms with Crippen molar-refractivity contribution in [3.8, 4) is 33.6 Å². The molecule has 1 atom stereocenters. The molecule has 0 radical (unpaired) electrons. The average molecular weight is 483 g/mol. The monoisotopic (exact) mass is 482 g/mol. The number of rotatable bonds is 2. The third kappa shape index (κ3) is 2.72. The summed E-state index contributed by atoms with van der Waals surface area (Å²) in [6.07, 6.45) is 4.74. The van der Waals surface area contributed by atoms with E-state index in [1.165, 1.54) is 55.5 Å². The predicted octanol–water partition coefficient (Wildman–Crippen LogP) is 6.04. The number of fused-ring (bicyclic) bond motifs is 10. The largest absolute Gasteiger partial charge is 0.417 e. The number of aryl methyl sites for hydroxylation is 1. The van der Waals surface area contributed by atoms with Crippen LogP contribution >= 0.6 is 0 Å². The summed E-state index contributed by atoms with van der Waals surface area (Å²) >= 11 is 0. The number of hydrogen-bond donors (Lipinski definition) is 0. The van der Waals surface area contributed by atoms with Crippen molar-refractivity contribution in [3.63, 3.8) is 0 Å². The molecule has 0 N–H and O–H groups in total. The summed E-state index contributed by atoms with van der Waals surface area (Å²) in [5, 5.41) is 1.47. The maximum atomic E-state index is 2.58. The molecule has 5 aromatic rings. The van der Waals surface area contributed by atoms with Crippen LogP contribution in [0, 0.1) is 6.92 Å². The second-order valence-electron chi connectivity index (χ2n) is 11.2. The normalized spacial score (nSPS) is 17.0. The zero-order valence-corrected chi connectivity index (χ0v) is 22.3. The minimum atomic E-state index is -1.53. The van der Waals surface area contributed by atoms with Crippen molar-refractivity contribution in [1.29, 1.82) is 0 Å². The van der Waals surface area contributed by atoms with E-state index < -0.39 is 13.7 Å². The molecule has 174 valence electrons. The molecule has 0 fully saturated rings. The van der Waals surface area contributed by atoms with Crippen LogP contribution in [0.25, 0.3) is 33.6 Å². The quantitative estimate of drug-likeness (QED) is 0.210. The molecule has 2 aliphatic rings. The second-order valence-corrected chi connectivity index (χ2v) is 16.3. The summed E-state index contributed by atoms with van der Waals surface area (Å²) in [5.74, 6) is 0.